The first-order chi connectivity index (χ1) is 5.86. The van der Waals surface area contributed by atoms with Crippen LogP contribution >= 0.6 is 0 Å². The van der Waals surface area contributed by atoms with Gasteiger partial charge in [-0.2, -0.15) is 0 Å². The van der Waals surface area contributed by atoms with Crippen molar-refractivity contribution in [2.45, 2.75) is 6.54 Å². The van der Waals surface area contributed by atoms with Gasteiger partial charge >= 0.3 is 0 Å². The van der Waals surface area contributed by atoms with E-state index < -0.39 is 0 Å². The average Bonchev–Trinajstić information content (AvgIpc) is 2.15. The van der Waals surface area contributed by atoms with Crippen LogP contribution in [0.4, 0.5) is 0 Å². The highest BCUT2D eigenvalue weighted by molar-refractivity contribution is 5.26. The van der Waals surface area contributed by atoms with E-state index >= 15 is 0 Å². The van der Waals surface area contributed by atoms with E-state index in [1.54, 1.807) is 0 Å². The second-order valence-electron chi connectivity index (χ2n) is 2.49. The predicted molar refractivity (Wildman–Crippen MR) is 48.9 cm³/mol. The summed E-state index contributed by atoms with van der Waals surface area (Å²) in [6.45, 7) is 1.66. The molecule has 0 saturated carbocycles. The van der Waals surface area contributed by atoms with Gasteiger partial charge in [0.25, 0.3) is 0 Å². The molecule has 12 heavy (non-hydrogen) atoms. The van der Waals surface area contributed by atoms with Crippen molar-refractivity contribution in [2.75, 3.05) is 13.2 Å². The Bertz CT molecular complexity index is 220. The van der Waals surface area contributed by atoms with E-state index in [4.69, 9.17) is 16.2 Å². The Labute approximate surface area is 72.3 Å². The normalized spacial score (nSPS) is 9.83. The van der Waals surface area contributed by atoms with E-state index in [0.717, 1.165) is 11.3 Å². The third kappa shape index (κ3) is 2.53. The highest BCUT2D eigenvalue weighted by Crippen LogP contribution is 2.11. The van der Waals surface area contributed by atoms with E-state index in [1.165, 1.54) is 0 Å². The van der Waals surface area contributed by atoms with Crippen LogP contribution in [0.5, 0.6) is 5.75 Å². The van der Waals surface area contributed by atoms with Crippen molar-refractivity contribution in [3.05, 3.63) is 29.8 Å². The van der Waals surface area contributed by atoms with Gasteiger partial charge in [0.05, 0.1) is 0 Å². The zero-order chi connectivity index (χ0) is 8.81. The van der Waals surface area contributed by atoms with Gasteiger partial charge in [0, 0.05) is 13.1 Å². The lowest BCUT2D eigenvalue weighted by Gasteiger charge is -2.04. The molecule has 0 aliphatic carbocycles. The quantitative estimate of drug-likeness (QED) is 0.684. The molecule has 0 aromatic heterocycles. The largest absolute Gasteiger partial charge is 0.492 e. The Hall–Kier alpha value is -1.06. The third-order valence-corrected chi connectivity index (χ3v) is 1.55. The molecule has 3 nitrogen and oxygen atoms in total. The maximum absolute atomic E-state index is 5.44. The number of ether oxygens (including phenoxy) is 1. The van der Waals surface area contributed by atoms with Gasteiger partial charge in [0.1, 0.15) is 12.4 Å². The Morgan fingerprint density at radius 3 is 2.25 bits per heavy atom. The summed E-state index contributed by atoms with van der Waals surface area (Å²) < 4.78 is 5.29. The van der Waals surface area contributed by atoms with Crippen LogP contribution in [0.3, 0.4) is 0 Å². The lowest BCUT2D eigenvalue weighted by atomic mass is 10.2. The summed E-state index contributed by atoms with van der Waals surface area (Å²) in [4.78, 5) is 0. The molecule has 0 spiro atoms. The maximum Gasteiger partial charge on any atom is 0.119 e. The van der Waals surface area contributed by atoms with E-state index in [2.05, 4.69) is 0 Å². The smallest absolute Gasteiger partial charge is 0.119 e. The summed E-state index contributed by atoms with van der Waals surface area (Å²) in [5.41, 5.74) is 11.8. The van der Waals surface area contributed by atoms with Gasteiger partial charge in [-0.15, -0.1) is 0 Å². The van der Waals surface area contributed by atoms with Crippen LogP contribution in [0.1, 0.15) is 5.56 Å². The number of benzene rings is 1. The molecule has 66 valence electrons. The lowest BCUT2D eigenvalue weighted by molar-refractivity contribution is 0.328. The Balaban J connectivity index is 2.53. The van der Waals surface area contributed by atoms with E-state index in [-0.39, 0.29) is 0 Å². The van der Waals surface area contributed by atoms with Crippen molar-refractivity contribution in [1.82, 2.24) is 0 Å². The molecular formula is C9H14N2O. The van der Waals surface area contributed by atoms with E-state index in [1.807, 2.05) is 24.3 Å². The summed E-state index contributed by atoms with van der Waals surface area (Å²) in [5, 5.41) is 0. The van der Waals surface area contributed by atoms with Crippen molar-refractivity contribution in [3.8, 4) is 5.75 Å². The first kappa shape index (κ1) is 9.03. The standard InChI is InChI=1S/C9H14N2O/c10-5-6-12-9-3-1-8(7-11)2-4-9/h1-4H,5-7,10-11H2. The van der Waals surface area contributed by atoms with Gasteiger partial charge in [-0.25, -0.2) is 0 Å². The Kier molecular flexibility index (Phi) is 3.57. The monoisotopic (exact) mass is 166 g/mol. The first-order valence-electron chi connectivity index (χ1n) is 3.98. The number of nitrogens with two attached hydrogens (primary N) is 2. The molecule has 0 atom stereocenters. The fourth-order valence-electron chi connectivity index (χ4n) is 0.899. The molecule has 4 N–H and O–H groups in total. The van der Waals surface area contributed by atoms with E-state index in [0.29, 0.717) is 19.7 Å². The molecule has 0 bridgehead atoms. The van der Waals surface area contributed by atoms with Gasteiger partial charge in [0.15, 0.2) is 0 Å². The minimum absolute atomic E-state index is 0.540. The van der Waals surface area contributed by atoms with Crippen LogP contribution < -0.4 is 16.2 Å². The van der Waals surface area contributed by atoms with Crippen LogP contribution in [0, 0.1) is 0 Å². The van der Waals surface area contributed by atoms with Crippen molar-refractivity contribution >= 4 is 0 Å². The van der Waals surface area contributed by atoms with Crippen LogP contribution in [0.2, 0.25) is 0 Å². The second-order valence-corrected chi connectivity index (χ2v) is 2.49. The molecule has 0 aliphatic heterocycles. The molecule has 1 aromatic rings. The highest BCUT2D eigenvalue weighted by Gasteiger charge is 1.92. The molecule has 1 aromatic carbocycles. The Morgan fingerprint density at radius 2 is 1.75 bits per heavy atom. The summed E-state index contributed by atoms with van der Waals surface area (Å²) in [6.07, 6.45) is 0. The molecule has 0 amide bonds. The average molecular weight is 166 g/mol. The molecule has 0 fully saturated rings. The van der Waals surface area contributed by atoms with E-state index in [9.17, 15) is 0 Å². The second kappa shape index (κ2) is 4.74. The summed E-state index contributed by atoms with van der Waals surface area (Å²) in [5.74, 6) is 0.845. The van der Waals surface area contributed by atoms with Crippen LogP contribution in [-0.4, -0.2) is 13.2 Å². The molecule has 0 heterocycles. The zero-order valence-electron chi connectivity index (χ0n) is 6.99. The third-order valence-electron chi connectivity index (χ3n) is 1.55. The minimum atomic E-state index is 0.540. The topological polar surface area (TPSA) is 61.3 Å². The fraction of sp³-hybridized carbons (Fsp3) is 0.333. The number of hydrogen-bond donors (Lipinski definition) is 2. The van der Waals surface area contributed by atoms with Gasteiger partial charge in [-0.3, -0.25) is 0 Å². The zero-order valence-corrected chi connectivity index (χ0v) is 6.99. The Morgan fingerprint density at radius 1 is 1.08 bits per heavy atom. The fourth-order valence-corrected chi connectivity index (χ4v) is 0.899. The first-order valence-corrected chi connectivity index (χ1v) is 3.98. The van der Waals surface area contributed by atoms with Gasteiger partial charge in [-0.05, 0) is 17.7 Å². The van der Waals surface area contributed by atoms with Crippen LogP contribution in [0.15, 0.2) is 24.3 Å². The van der Waals surface area contributed by atoms with Crippen LogP contribution in [-0.2, 0) is 6.54 Å². The van der Waals surface area contributed by atoms with Crippen molar-refractivity contribution < 1.29 is 4.74 Å². The van der Waals surface area contributed by atoms with Crippen molar-refractivity contribution in [2.24, 2.45) is 11.5 Å². The molecule has 0 unspecified atom stereocenters. The molecule has 0 radical (unpaired) electrons. The number of hydrogen-bond acceptors (Lipinski definition) is 3. The maximum atomic E-state index is 5.44. The minimum Gasteiger partial charge on any atom is -0.492 e. The van der Waals surface area contributed by atoms with Crippen molar-refractivity contribution in [3.63, 3.8) is 0 Å². The molecular weight excluding hydrogens is 152 g/mol. The summed E-state index contributed by atoms with van der Waals surface area (Å²) in [7, 11) is 0. The predicted octanol–water partition coefficient (Wildman–Crippen LogP) is 0.483. The molecule has 3 heteroatoms. The molecule has 1 rings (SSSR count). The van der Waals surface area contributed by atoms with Gasteiger partial charge in [0.2, 0.25) is 0 Å². The summed E-state index contributed by atoms with van der Waals surface area (Å²) >= 11 is 0. The van der Waals surface area contributed by atoms with Crippen molar-refractivity contribution in [1.29, 1.82) is 0 Å². The molecule has 0 saturated heterocycles. The van der Waals surface area contributed by atoms with Gasteiger partial charge < -0.3 is 16.2 Å². The number of rotatable bonds is 4. The van der Waals surface area contributed by atoms with Gasteiger partial charge in [-0.1, -0.05) is 12.1 Å². The lowest BCUT2D eigenvalue weighted by Crippen LogP contribution is -2.10. The SMILES string of the molecule is NCCOc1ccc(CN)cc1. The molecule has 0 aliphatic rings. The summed E-state index contributed by atoms with van der Waals surface area (Å²) in [6, 6.07) is 7.70. The highest BCUT2D eigenvalue weighted by atomic mass is 16.5. The van der Waals surface area contributed by atoms with Crippen LogP contribution in [0.25, 0.3) is 0 Å².